The summed E-state index contributed by atoms with van der Waals surface area (Å²) in [5.74, 6) is 5.36. The predicted octanol–water partition coefficient (Wildman–Crippen LogP) is 5.16. The van der Waals surface area contributed by atoms with Crippen LogP contribution in [0.5, 0.6) is 0 Å². The largest absolute Gasteiger partial charge is 0.379 e. The Labute approximate surface area is 176 Å². The van der Waals surface area contributed by atoms with Crippen molar-refractivity contribution in [1.29, 1.82) is 5.26 Å². The Balaban J connectivity index is -0.000000141. The molecule has 4 nitrogen and oxygen atoms in total. The van der Waals surface area contributed by atoms with Crippen molar-refractivity contribution in [3.05, 3.63) is 37.0 Å². The Morgan fingerprint density at radius 3 is 1.71 bits per heavy atom. The average Bonchev–Trinajstić information content (AvgIpc) is 2.72. The van der Waals surface area contributed by atoms with Crippen molar-refractivity contribution in [3.8, 4) is 17.9 Å². The van der Waals surface area contributed by atoms with Crippen molar-refractivity contribution < 1.29 is 4.74 Å². The summed E-state index contributed by atoms with van der Waals surface area (Å²) in [6.07, 6.45) is 10.8. The van der Waals surface area contributed by atoms with Gasteiger partial charge in [0.25, 0.3) is 0 Å². The average molecular weight is 392 g/mol. The van der Waals surface area contributed by atoms with E-state index < -0.39 is 0 Å². The first kappa shape index (κ1) is 33.7. The summed E-state index contributed by atoms with van der Waals surface area (Å²) < 4.78 is 5.21. The van der Waals surface area contributed by atoms with Crippen molar-refractivity contribution in [2.45, 2.75) is 48.0 Å². The molecule has 0 aromatic carbocycles. The molecule has 0 atom stereocenters. The third kappa shape index (κ3) is 49.6. The Morgan fingerprint density at radius 1 is 1.04 bits per heavy atom. The zero-order valence-corrected chi connectivity index (χ0v) is 19.8. The molecular weight excluding hydrogens is 346 g/mol. The smallest absolute Gasteiger partial charge is 0.0618 e. The lowest BCUT2D eigenvalue weighted by molar-refractivity contribution is 0.0434. The van der Waals surface area contributed by atoms with Crippen molar-refractivity contribution in [2.24, 2.45) is 0 Å². The summed E-state index contributed by atoms with van der Waals surface area (Å²) in [6, 6.07) is 1.93. The molecule has 0 amide bonds. The SMILES string of the molecule is C/C=C/CN(C)C.C/C=C/CN1CCOCC1.C=CC.CC#CC.CCC#N. The summed E-state index contributed by atoms with van der Waals surface area (Å²) in [5, 5.41) is 7.62. The molecule has 0 bridgehead atoms. The predicted molar refractivity (Wildman–Crippen MR) is 126 cm³/mol. The van der Waals surface area contributed by atoms with Crippen LogP contribution in [0.25, 0.3) is 0 Å². The highest BCUT2D eigenvalue weighted by Crippen LogP contribution is 1.95. The van der Waals surface area contributed by atoms with Crippen LogP contribution in [-0.2, 0) is 4.74 Å². The molecule has 0 aromatic heterocycles. The van der Waals surface area contributed by atoms with Gasteiger partial charge in [-0.15, -0.1) is 18.4 Å². The number of nitrogens with zero attached hydrogens (tertiary/aromatic N) is 3. The Morgan fingerprint density at radius 2 is 1.46 bits per heavy atom. The van der Waals surface area contributed by atoms with Gasteiger partial charge in [-0.2, -0.15) is 5.26 Å². The lowest BCUT2D eigenvalue weighted by atomic mass is 10.4. The molecule has 1 heterocycles. The number of rotatable bonds is 4. The van der Waals surface area contributed by atoms with E-state index in [0.717, 1.165) is 39.4 Å². The van der Waals surface area contributed by atoms with E-state index in [4.69, 9.17) is 10.00 Å². The maximum absolute atomic E-state index is 7.62. The van der Waals surface area contributed by atoms with Crippen LogP contribution in [0.1, 0.15) is 48.0 Å². The van der Waals surface area contributed by atoms with Crippen LogP contribution in [-0.4, -0.2) is 63.3 Å². The van der Waals surface area contributed by atoms with Crippen LogP contribution in [0.15, 0.2) is 37.0 Å². The van der Waals surface area contributed by atoms with Gasteiger partial charge in [0, 0.05) is 32.6 Å². The number of morpholine rings is 1. The van der Waals surface area contributed by atoms with Gasteiger partial charge in [0.2, 0.25) is 0 Å². The van der Waals surface area contributed by atoms with Crippen LogP contribution < -0.4 is 0 Å². The van der Waals surface area contributed by atoms with Gasteiger partial charge < -0.3 is 9.64 Å². The van der Waals surface area contributed by atoms with Gasteiger partial charge in [-0.25, -0.2) is 0 Å². The number of likely N-dealkylation sites (N-methyl/N-ethyl adjacent to an activating group) is 1. The molecule has 0 aromatic rings. The summed E-state index contributed by atoms with van der Waals surface area (Å²) in [7, 11) is 4.11. The molecule has 1 aliphatic rings. The van der Waals surface area contributed by atoms with E-state index in [-0.39, 0.29) is 0 Å². The van der Waals surface area contributed by atoms with Gasteiger partial charge in [-0.05, 0) is 48.7 Å². The minimum absolute atomic E-state index is 0.625. The summed E-state index contributed by atoms with van der Waals surface area (Å²) in [5.41, 5.74) is 0. The van der Waals surface area contributed by atoms with E-state index >= 15 is 0 Å². The fourth-order valence-corrected chi connectivity index (χ4v) is 1.35. The first-order valence-electron chi connectivity index (χ1n) is 9.89. The second kappa shape index (κ2) is 36.1. The second-order valence-electron chi connectivity index (χ2n) is 5.73. The first-order chi connectivity index (χ1) is 13.4. The zero-order valence-electron chi connectivity index (χ0n) is 19.8. The highest BCUT2D eigenvalue weighted by Gasteiger charge is 2.06. The summed E-state index contributed by atoms with van der Waals surface area (Å²) >= 11 is 0. The Kier molecular flexibility index (Phi) is 43.5. The van der Waals surface area contributed by atoms with Crippen LogP contribution in [0.4, 0.5) is 0 Å². The normalized spacial score (nSPS) is 12.4. The van der Waals surface area contributed by atoms with Crippen molar-refractivity contribution in [1.82, 2.24) is 9.80 Å². The molecule has 4 heteroatoms. The molecule has 1 saturated heterocycles. The minimum atomic E-state index is 0.625. The third-order valence-corrected chi connectivity index (χ3v) is 2.82. The van der Waals surface area contributed by atoms with E-state index in [1.807, 2.05) is 40.7 Å². The molecular formula is C24H45N3O. The quantitative estimate of drug-likeness (QED) is 0.490. The molecule has 0 aliphatic carbocycles. The van der Waals surface area contributed by atoms with E-state index in [0.29, 0.717) is 6.42 Å². The Bertz CT molecular complexity index is 425. The van der Waals surface area contributed by atoms with Gasteiger partial charge in [-0.3, -0.25) is 4.90 Å². The number of hydrogen-bond acceptors (Lipinski definition) is 4. The molecule has 0 saturated carbocycles. The standard InChI is InChI=1S/C8H15NO.C6H13N.C4H6.C3H5N.C3H6/c1-2-3-4-9-5-7-10-8-6-9;1-4-5-6-7(2)3;1-3-4-2;1-2-3-4;1-3-2/h2-3H,4-8H2,1H3;4-5H,6H2,1-3H3;1-2H3;2H2,1H3;3H,1H2,2H3/b3-2+;5-4+;;;. The molecule has 0 radical (unpaired) electrons. The van der Waals surface area contributed by atoms with E-state index in [1.54, 1.807) is 6.08 Å². The second-order valence-corrected chi connectivity index (χ2v) is 5.73. The van der Waals surface area contributed by atoms with Crippen LogP contribution >= 0.6 is 0 Å². The highest BCUT2D eigenvalue weighted by atomic mass is 16.5. The number of allylic oxidation sites excluding steroid dienone is 3. The number of nitriles is 1. The third-order valence-electron chi connectivity index (χ3n) is 2.82. The first-order valence-corrected chi connectivity index (χ1v) is 9.89. The monoisotopic (exact) mass is 391 g/mol. The zero-order chi connectivity index (χ0) is 22.5. The molecule has 1 aliphatic heterocycles. The van der Waals surface area contributed by atoms with E-state index in [2.05, 4.69) is 73.5 Å². The van der Waals surface area contributed by atoms with Crippen molar-refractivity contribution >= 4 is 0 Å². The van der Waals surface area contributed by atoms with Crippen LogP contribution in [0.3, 0.4) is 0 Å². The summed E-state index contributed by atoms with van der Waals surface area (Å²) in [6.45, 7) is 20.9. The lowest BCUT2D eigenvalue weighted by Crippen LogP contribution is -2.36. The molecule has 1 rings (SSSR count). The Hall–Kier alpha value is -1.85. The van der Waals surface area contributed by atoms with Gasteiger partial charge in [-0.1, -0.05) is 37.3 Å². The minimum Gasteiger partial charge on any atom is -0.379 e. The molecule has 0 spiro atoms. The lowest BCUT2D eigenvalue weighted by Gasteiger charge is -2.24. The van der Waals surface area contributed by atoms with Gasteiger partial charge in [0.1, 0.15) is 0 Å². The molecule has 0 N–H and O–H groups in total. The van der Waals surface area contributed by atoms with Crippen molar-refractivity contribution in [3.63, 3.8) is 0 Å². The van der Waals surface area contributed by atoms with E-state index in [9.17, 15) is 0 Å². The van der Waals surface area contributed by atoms with Crippen LogP contribution in [0.2, 0.25) is 0 Å². The molecule has 28 heavy (non-hydrogen) atoms. The van der Waals surface area contributed by atoms with Gasteiger partial charge in [0.15, 0.2) is 0 Å². The molecule has 0 unspecified atom stereocenters. The number of hydrogen-bond donors (Lipinski definition) is 0. The van der Waals surface area contributed by atoms with Gasteiger partial charge >= 0.3 is 0 Å². The topological polar surface area (TPSA) is 39.5 Å². The van der Waals surface area contributed by atoms with Crippen molar-refractivity contribution in [2.75, 3.05) is 53.5 Å². The summed E-state index contributed by atoms with van der Waals surface area (Å²) in [4.78, 5) is 4.52. The molecule has 162 valence electrons. The van der Waals surface area contributed by atoms with E-state index in [1.165, 1.54) is 0 Å². The maximum Gasteiger partial charge on any atom is 0.0618 e. The fraction of sp³-hybridized carbons (Fsp3) is 0.625. The highest BCUT2D eigenvalue weighted by molar-refractivity contribution is 4.89. The van der Waals surface area contributed by atoms with Gasteiger partial charge in [0.05, 0.1) is 19.3 Å². The molecule has 1 fully saturated rings. The van der Waals surface area contributed by atoms with Crippen LogP contribution in [0, 0.1) is 23.2 Å². The number of ether oxygens (including phenoxy) is 1. The fourth-order valence-electron chi connectivity index (χ4n) is 1.35. The maximum atomic E-state index is 7.62.